The van der Waals surface area contributed by atoms with Gasteiger partial charge in [0, 0.05) is 43.5 Å². The predicted molar refractivity (Wildman–Crippen MR) is 76.1 cm³/mol. The Morgan fingerprint density at radius 3 is 2.63 bits per heavy atom. The van der Waals surface area contributed by atoms with Crippen LogP contribution in [0.1, 0.15) is 0 Å². The second kappa shape index (κ2) is 4.93. The van der Waals surface area contributed by atoms with Gasteiger partial charge in [0.25, 0.3) is 0 Å². The first-order valence-electron chi connectivity index (χ1n) is 6.48. The molecule has 0 unspecified atom stereocenters. The smallest absolute Gasteiger partial charge is 0.169 e. The van der Waals surface area contributed by atoms with Gasteiger partial charge in [0.1, 0.15) is 0 Å². The molecule has 0 amide bonds. The summed E-state index contributed by atoms with van der Waals surface area (Å²) in [6, 6.07) is 10.1. The van der Waals surface area contributed by atoms with Crippen LogP contribution < -0.4 is 10.6 Å². The average Bonchev–Trinajstić information content (AvgIpc) is 2.86. The summed E-state index contributed by atoms with van der Waals surface area (Å²) in [5.74, 6) is 1.13. The third-order valence-corrected chi connectivity index (χ3v) is 3.53. The Morgan fingerprint density at radius 2 is 1.95 bits per heavy atom. The number of nitrogens with two attached hydrogens (primary N) is 1. The first kappa shape index (κ1) is 12.0. The van der Waals surface area contributed by atoms with Gasteiger partial charge in [-0.1, -0.05) is 17.3 Å². The standard InChI is InChI=1S/C14H18N4O/c1-17-5-7-18(8-6-17)12-4-2-3-11(9-12)13-10-14(15)16-19-13/h2-4,9-10H,5-8H2,1H3,(H2,15,16). The van der Waals surface area contributed by atoms with Crippen LogP contribution in [0, 0.1) is 0 Å². The number of hydrogen-bond donors (Lipinski definition) is 1. The summed E-state index contributed by atoms with van der Waals surface area (Å²) in [4.78, 5) is 4.74. The van der Waals surface area contributed by atoms with Gasteiger partial charge in [0.05, 0.1) is 0 Å². The Hall–Kier alpha value is -2.01. The van der Waals surface area contributed by atoms with E-state index < -0.39 is 0 Å². The molecule has 2 N–H and O–H groups in total. The van der Waals surface area contributed by atoms with E-state index in [0.29, 0.717) is 11.6 Å². The lowest BCUT2D eigenvalue weighted by Gasteiger charge is -2.34. The molecule has 19 heavy (non-hydrogen) atoms. The number of piperazine rings is 1. The van der Waals surface area contributed by atoms with Crippen LogP contribution in [0.25, 0.3) is 11.3 Å². The zero-order chi connectivity index (χ0) is 13.2. The second-order valence-corrected chi connectivity index (χ2v) is 4.96. The number of nitrogen functional groups attached to an aromatic ring is 1. The number of rotatable bonds is 2. The first-order valence-corrected chi connectivity index (χ1v) is 6.48. The predicted octanol–water partition coefficient (Wildman–Crippen LogP) is 1.68. The van der Waals surface area contributed by atoms with Gasteiger partial charge < -0.3 is 20.1 Å². The van der Waals surface area contributed by atoms with E-state index >= 15 is 0 Å². The van der Waals surface area contributed by atoms with Gasteiger partial charge in [-0.2, -0.15) is 0 Å². The molecule has 0 atom stereocenters. The van der Waals surface area contributed by atoms with E-state index in [4.69, 9.17) is 10.3 Å². The van der Waals surface area contributed by atoms with E-state index in [1.165, 1.54) is 5.69 Å². The molecule has 1 aromatic heterocycles. The minimum Gasteiger partial charge on any atom is -0.381 e. The molecule has 5 nitrogen and oxygen atoms in total. The molecule has 0 spiro atoms. The molecule has 0 bridgehead atoms. The van der Waals surface area contributed by atoms with E-state index in [1.807, 2.05) is 12.1 Å². The third kappa shape index (κ3) is 2.56. The third-order valence-electron chi connectivity index (χ3n) is 3.53. The van der Waals surface area contributed by atoms with Crippen molar-refractivity contribution in [2.75, 3.05) is 43.9 Å². The van der Waals surface area contributed by atoms with Crippen LogP contribution in [0.15, 0.2) is 34.9 Å². The summed E-state index contributed by atoms with van der Waals surface area (Å²) in [7, 11) is 2.16. The fraction of sp³-hybridized carbons (Fsp3) is 0.357. The summed E-state index contributed by atoms with van der Waals surface area (Å²) in [5, 5.41) is 3.73. The highest BCUT2D eigenvalue weighted by molar-refractivity contribution is 5.66. The van der Waals surface area contributed by atoms with Crippen LogP contribution in [-0.2, 0) is 0 Å². The molecule has 0 radical (unpaired) electrons. The number of anilines is 2. The van der Waals surface area contributed by atoms with E-state index in [-0.39, 0.29) is 0 Å². The van der Waals surface area contributed by atoms with E-state index in [2.05, 4.69) is 34.1 Å². The lowest BCUT2D eigenvalue weighted by atomic mass is 10.1. The molecule has 0 aliphatic carbocycles. The number of likely N-dealkylation sites (N-methyl/N-ethyl adjacent to an activating group) is 1. The molecule has 1 aliphatic heterocycles. The van der Waals surface area contributed by atoms with Crippen molar-refractivity contribution in [2.24, 2.45) is 0 Å². The molecule has 2 aromatic rings. The summed E-state index contributed by atoms with van der Waals surface area (Å²) in [5.41, 5.74) is 7.83. The highest BCUT2D eigenvalue weighted by atomic mass is 16.5. The zero-order valence-corrected chi connectivity index (χ0v) is 11.0. The highest BCUT2D eigenvalue weighted by Crippen LogP contribution is 2.26. The molecule has 1 fully saturated rings. The summed E-state index contributed by atoms with van der Waals surface area (Å²) >= 11 is 0. The molecule has 0 saturated carbocycles. The fourth-order valence-corrected chi connectivity index (χ4v) is 2.35. The van der Waals surface area contributed by atoms with Gasteiger partial charge in [-0.05, 0) is 19.2 Å². The van der Waals surface area contributed by atoms with Gasteiger partial charge in [0.2, 0.25) is 0 Å². The van der Waals surface area contributed by atoms with Gasteiger partial charge >= 0.3 is 0 Å². The molecule has 1 aliphatic rings. The minimum absolute atomic E-state index is 0.417. The van der Waals surface area contributed by atoms with Crippen LogP contribution in [-0.4, -0.2) is 43.3 Å². The van der Waals surface area contributed by atoms with Gasteiger partial charge in [-0.15, -0.1) is 0 Å². The Balaban J connectivity index is 1.84. The molecule has 2 heterocycles. The maximum atomic E-state index is 5.59. The lowest BCUT2D eigenvalue weighted by Crippen LogP contribution is -2.44. The van der Waals surface area contributed by atoms with E-state index in [0.717, 1.165) is 31.7 Å². The number of hydrogen-bond acceptors (Lipinski definition) is 5. The second-order valence-electron chi connectivity index (χ2n) is 4.96. The summed E-state index contributed by atoms with van der Waals surface area (Å²) in [6.45, 7) is 4.30. The molecule has 3 rings (SSSR count). The Bertz CT molecular complexity index is 558. The van der Waals surface area contributed by atoms with Gasteiger partial charge in [-0.25, -0.2) is 0 Å². The van der Waals surface area contributed by atoms with Gasteiger partial charge in [0.15, 0.2) is 11.6 Å². The van der Waals surface area contributed by atoms with Gasteiger partial charge in [-0.3, -0.25) is 0 Å². The Morgan fingerprint density at radius 1 is 1.16 bits per heavy atom. The largest absolute Gasteiger partial charge is 0.381 e. The van der Waals surface area contributed by atoms with Crippen LogP contribution in [0.3, 0.4) is 0 Å². The van der Waals surface area contributed by atoms with E-state index in [1.54, 1.807) is 6.07 Å². The lowest BCUT2D eigenvalue weighted by molar-refractivity contribution is 0.313. The fourth-order valence-electron chi connectivity index (χ4n) is 2.35. The molecule has 1 saturated heterocycles. The van der Waals surface area contributed by atoms with E-state index in [9.17, 15) is 0 Å². The molecular weight excluding hydrogens is 240 g/mol. The number of nitrogens with zero attached hydrogens (tertiary/aromatic N) is 3. The van der Waals surface area contributed by atoms with Crippen molar-refractivity contribution < 1.29 is 4.52 Å². The van der Waals surface area contributed by atoms with Crippen LogP contribution in [0.4, 0.5) is 11.5 Å². The Labute approximate surface area is 112 Å². The maximum absolute atomic E-state index is 5.59. The monoisotopic (exact) mass is 258 g/mol. The molecule has 1 aromatic carbocycles. The number of benzene rings is 1. The van der Waals surface area contributed by atoms with Crippen molar-refractivity contribution in [1.82, 2.24) is 10.1 Å². The summed E-state index contributed by atoms with van der Waals surface area (Å²) in [6.07, 6.45) is 0. The quantitative estimate of drug-likeness (QED) is 0.888. The maximum Gasteiger partial charge on any atom is 0.169 e. The summed E-state index contributed by atoms with van der Waals surface area (Å²) < 4.78 is 5.21. The molecule has 5 heteroatoms. The van der Waals surface area contributed by atoms with Crippen molar-refractivity contribution in [3.63, 3.8) is 0 Å². The van der Waals surface area contributed by atoms with Crippen molar-refractivity contribution >= 4 is 11.5 Å². The zero-order valence-electron chi connectivity index (χ0n) is 11.0. The van der Waals surface area contributed by atoms with Crippen molar-refractivity contribution in [3.8, 4) is 11.3 Å². The minimum atomic E-state index is 0.417. The first-order chi connectivity index (χ1) is 9.22. The van der Waals surface area contributed by atoms with Crippen molar-refractivity contribution in [2.45, 2.75) is 0 Å². The van der Waals surface area contributed by atoms with Crippen LogP contribution in [0.5, 0.6) is 0 Å². The molecular formula is C14H18N4O. The topological polar surface area (TPSA) is 58.5 Å². The SMILES string of the molecule is CN1CCN(c2cccc(-c3cc(N)no3)c2)CC1. The normalized spacial score (nSPS) is 16.8. The van der Waals surface area contributed by atoms with Crippen molar-refractivity contribution in [3.05, 3.63) is 30.3 Å². The highest BCUT2D eigenvalue weighted by Gasteiger charge is 2.15. The van der Waals surface area contributed by atoms with Crippen LogP contribution in [0.2, 0.25) is 0 Å². The Kier molecular flexibility index (Phi) is 3.13. The molecule has 100 valence electrons. The van der Waals surface area contributed by atoms with Crippen LogP contribution >= 0.6 is 0 Å². The van der Waals surface area contributed by atoms with Crippen molar-refractivity contribution in [1.29, 1.82) is 0 Å². The average molecular weight is 258 g/mol. The number of aromatic nitrogens is 1.